The lowest BCUT2D eigenvalue weighted by Gasteiger charge is -2.47. The van der Waals surface area contributed by atoms with Crippen LogP contribution in [0.15, 0.2) is 24.3 Å². The summed E-state index contributed by atoms with van der Waals surface area (Å²) in [6.07, 6.45) is 3.99. The summed E-state index contributed by atoms with van der Waals surface area (Å²) < 4.78 is 10.7. The number of amides is 1. The van der Waals surface area contributed by atoms with E-state index in [0.29, 0.717) is 12.5 Å². The number of ether oxygens (including phenoxy) is 2. The lowest BCUT2D eigenvalue weighted by molar-refractivity contribution is 0.0567. The maximum atomic E-state index is 11.8. The molecule has 1 aromatic rings. The smallest absolute Gasteiger partial charge is 0.407 e. The Bertz CT molecular complexity index is 488. The number of carbonyl (C=O) groups excluding carboxylic acids is 1. The van der Waals surface area contributed by atoms with Crippen molar-refractivity contribution in [2.24, 2.45) is 5.92 Å². The zero-order valence-corrected chi connectivity index (χ0v) is 11.1. The molecule has 19 heavy (non-hydrogen) atoms. The number of rotatable bonds is 1. The Morgan fingerprint density at radius 3 is 3.11 bits per heavy atom. The van der Waals surface area contributed by atoms with Crippen molar-refractivity contribution in [3.05, 3.63) is 29.8 Å². The second-order valence-electron chi connectivity index (χ2n) is 5.34. The van der Waals surface area contributed by atoms with E-state index in [9.17, 15) is 4.79 Å². The molecule has 102 valence electrons. The van der Waals surface area contributed by atoms with Crippen LogP contribution in [-0.2, 0) is 10.3 Å². The fourth-order valence-electron chi connectivity index (χ4n) is 3.44. The fourth-order valence-corrected chi connectivity index (χ4v) is 3.44. The number of alkyl carbamates (subject to hydrolysis) is 1. The number of carbonyl (C=O) groups is 1. The maximum Gasteiger partial charge on any atom is 0.407 e. The number of hydrogen-bond donors (Lipinski definition) is 1. The molecule has 1 fully saturated rings. The van der Waals surface area contributed by atoms with E-state index in [1.165, 1.54) is 13.5 Å². The van der Waals surface area contributed by atoms with Crippen molar-refractivity contribution in [1.82, 2.24) is 5.32 Å². The number of para-hydroxylation sites is 1. The van der Waals surface area contributed by atoms with Crippen LogP contribution < -0.4 is 10.1 Å². The van der Waals surface area contributed by atoms with E-state index in [2.05, 4.69) is 11.4 Å². The summed E-state index contributed by atoms with van der Waals surface area (Å²) in [5.41, 5.74) is 0.775. The Morgan fingerprint density at radius 2 is 2.26 bits per heavy atom. The zero-order valence-electron chi connectivity index (χ0n) is 11.1. The van der Waals surface area contributed by atoms with Crippen molar-refractivity contribution in [3.63, 3.8) is 0 Å². The van der Waals surface area contributed by atoms with E-state index < -0.39 is 0 Å². The van der Waals surface area contributed by atoms with Gasteiger partial charge in [-0.25, -0.2) is 4.79 Å². The lowest BCUT2D eigenvalue weighted by Crippen LogP contribution is -2.56. The Labute approximate surface area is 113 Å². The fraction of sp³-hybridized carbons (Fsp3) is 0.533. The predicted octanol–water partition coefficient (Wildman–Crippen LogP) is 2.82. The monoisotopic (exact) mass is 261 g/mol. The highest BCUT2D eigenvalue weighted by Gasteiger charge is 2.48. The summed E-state index contributed by atoms with van der Waals surface area (Å²) in [5.74, 6) is 1.22. The molecule has 1 aromatic carbocycles. The highest BCUT2D eigenvalue weighted by atomic mass is 16.5. The molecule has 1 heterocycles. The second-order valence-corrected chi connectivity index (χ2v) is 5.34. The van der Waals surface area contributed by atoms with Gasteiger partial charge < -0.3 is 14.8 Å². The largest absolute Gasteiger partial charge is 0.493 e. The van der Waals surface area contributed by atoms with Gasteiger partial charge in [0, 0.05) is 11.5 Å². The molecule has 0 bridgehead atoms. The summed E-state index contributed by atoms with van der Waals surface area (Å²) in [6, 6.07) is 8.00. The van der Waals surface area contributed by atoms with Crippen LogP contribution in [0.1, 0.15) is 31.2 Å². The quantitative estimate of drug-likeness (QED) is 0.845. The van der Waals surface area contributed by atoms with Gasteiger partial charge in [0.2, 0.25) is 0 Å². The first kappa shape index (κ1) is 12.3. The zero-order chi connectivity index (χ0) is 13.3. The van der Waals surface area contributed by atoms with Crippen LogP contribution in [0.25, 0.3) is 0 Å². The molecule has 1 saturated carbocycles. The summed E-state index contributed by atoms with van der Waals surface area (Å²) >= 11 is 0. The average molecular weight is 261 g/mol. The molecule has 3 rings (SSSR count). The van der Waals surface area contributed by atoms with Crippen LogP contribution in [0.4, 0.5) is 4.79 Å². The minimum absolute atomic E-state index is 0.319. The van der Waals surface area contributed by atoms with Gasteiger partial charge in [-0.1, -0.05) is 31.0 Å². The van der Waals surface area contributed by atoms with Crippen molar-refractivity contribution < 1.29 is 14.3 Å². The average Bonchev–Trinajstić information content (AvgIpc) is 2.47. The van der Waals surface area contributed by atoms with Crippen LogP contribution >= 0.6 is 0 Å². The summed E-state index contributed by atoms with van der Waals surface area (Å²) in [5, 5.41) is 3.10. The van der Waals surface area contributed by atoms with Crippen LogP contribution in [0, 0.1) is 5.92 Å². The molecule has 1 N–H and O–H groups in total. The summed E-state index contributed by atoms with van der Waals surface area (Å²) in [4.78, 5) is 11.8. The normalized spacial score (nSPS) is 28.6. The van der Waals surface area contributed by atoms with Crippen molar-refractivity contribution in [2.45, 2.75) is 31.2 Å². The number of benzene rings is 1. The van der Waals surface area contributed by atoms with Crippen LogP contribution in [0.3, 0.4) is 0 Å². The third-order valence-corrected chi connectivity index (χ3v) is 4.39. The third kappa shape index (κ3) is 1.95. The molecule has 2 aliphatic rings. The number of fused-ring (bicyclic) bond motifs is 3. The van der Waals surface area contributed by atoms with Gasteiger partial charge in [-0.05, 0) is 18.9 Å². The first-order chi connectivity index (χ1) is 9.26. The Kier molecular flexibility index (Phi) is 3.09. The lowest BCUT2D eigenvalue weighted by atomic mass is 9.68. The molecule has 1 aliphatic heterocycles. The van der Waals surface area contributed by atoms with Crippen molar-refractivity contribution >= 4 is 6.09 Å². The molecule has 0 aromatic heterocycles. The Hall–Kier alpha value is -1.71. The van der Waals surface area contributed by atoms with Gasteiger partial charge >= 0.3 is 6.09 Å². The predicted molar refractivity (Wildman–Crippen MR) is 71.1 cm³/mol. The molecule has 1 aliphatic carbocycles. The molecule has 4 nitrogen and oxygen atoms in total. The Morgan fingerprint density at radius 1 is 1.42 bits per heavy atom. The van der Waals surface area contributed by atoms with Crippen molar-refractivity contribution in [1.29, 1.82) is 0 Å². The number of methoxy groups -OCH3 is 1. The van der Waals surface area contributed by atoms with E-state index >= 15 is 0 Å². The molecular formula is C15H19NO3. The number of hydrogen-bond acceptors (Lipinski definition) is 3. The molecule has 2 unspecified atom stereocenters. The van der Waals surface area contributed by atoms with Crippen LogP contribution in [0.5, 0.6) is 5.75 Å². The van der Waals surface area contributed by atoms with E-state index in [0.717, 1.165) is 30.6 Å². The van der Waals surface area contributed by atoms with E-state index in [1.807, 2.05) is 18.2 Å². The van der Waals surface area contributed by atoms with Crippen LogP contribution in [0.2, 0.25) is 0 Å². The van der Waals surface area contributed by atoms with Crippen molar-refractivity contribution in [3.8, 4) is 5.75 Å². The molecular weight excluding hydrogens is 242 g/mol. The SMILES string of the molecule is COC(=O)NC12CCCCC1COc1ccccc12. The van der Waals surface area contributed by atoms with E-state index in [4.69, 9.17) is 9.47 Å². The van der Waals surface area contributed by atoms with Crippen LogP contribution in [-0.4, -0.2) is 19.8 Å². The van der Waals surface area contributed by atoms with Gasteiger partial charge in [0.25, 0.3) is 0 Å². The second kappa shape index (κ2) is 4.76. The molecule has 0 radical (unpaired) electrons. The van der Waals surface area contributed by atoms with Gasteiger partial charge in [-0.15, -0.1) is 0 Å². The first-order valence-corrected chi connectivity index (χ1v) is 6.85. The van der Waals surface area contributed by atoms with Gasteiger partial charge in [-0.3, -0.25) is 0 Å². The van der Waals surface area contributed by atoms with Gasteiger partial charge in [-0.2, -0.15) is 0 Å². The summed E-state index contributed by atoms with van der Waals surface area (Å²) in [7, 11) is 1.41. The minimum atomic E-state index is -0.358. The van der Waals surface area contributed by atoms with Crippen molar-refractivity contribution in [2.75, 3.05) is 13.7 Å². The third-order valence-electron chi connectivity index (χ3n) is 4.39. The highest BCUT2D eigenvalue weighted by Crippen LogP contribution is 2.48. The van der Waals surface area contributed by atoms with Gasteiger partial charge in [0.05, 0.1) is 19.3 Å². The minimum Gasteiger partial charge on any atom is -0.493 e. The van der Waals surface area contributed by atoms with Gasteiger partial charge in [0.15, 0.2) is 0 Å². The molecule has 1 amide bonds. The van der Waals surface area contributed by atoms with Gasteiger partial charge in [0.1, 0.15) is 5.75 Å². The molecule has 0 saturated heterocycles. The maximum absolute atomic E-state index is 11.8. The Balaban J connectivity index is 2.05. The molecule has 0 spiro atoms. The highest BCUT2D eigenvalue weighted by molar-refractivity contribution is 5.69. The number of nitrogens with one attached hydrogen (secondary N) is 1. The standard InChI is InChI=1S/C15H19NO3/c1-18-14(17)16-15-9-5-4-6-11(15)10-19-13-8-3-2-7-12(13)15/h2-3,7-8,11H,4-6,9-10H2,1H3,(H,16,17). The van der Waals surface area contributed by atoms with E-state index in [1.54, 1.807) is 0 Å². The van der Waals surface area contributed by atoms with E-state index in [-0.39, 0.29) is 11.6 Å². The summed E-state index contributed by atoms with van der Waals surface area (Å²) in [6.45, 7) is 0.668. The topological polar surface area (TPSA) is 47.6 Å². The molecule has 2 atom stereocenters. The molecule has 4 heteroatoms. The first-order valence-electron chi connectivity index (χ1n) is 6.85.